The molecule has 202 valence electrons. The van der Waals surface area contributed by atoms with Crippen LogP contribution in [0.1, 0.15) is 57.8 Å². The van der Waals surface area contributed by atoms with Crippen molar-refractivity contribution in [1.29, 1.82) is 0 Å². The zero-order valence-corrected chi connectivity index (χ0v) is 23.1. The van der Waals surface area contributed by atoms with Crippen LogP contribution in [0.2, 0.25) is 0 Å². The first-order valence-corrected chi connectivity index (χ1v) is 14.0. The minimum atomic E-state index is -4.24. The molecule has 38 heavy (non-hydrogen) atoms. The number of nitrogen functional groups attached to an aromatic ring is 1. The van der Waals surface area contributed by atoms with Crippen molar-refractivity contribution < 1.29 is 17.9 Å². The van der Waals surface area contributed by atoms with E-state index in [2.05, 4.69) is 54.2 Å². The molecule has 0 saturated carbocycles. The van der Waals surface area contributed by atoms with Gasteiger partial charge in [0.2, 0.25) is 5.88 Å². The summed E-state index contributed by atoms with van der Waals surface area (Å²) < 4.78 is 33.6. The quantitative estimate of drug-likeness (QED) is 0.456. The molecule has 3 aromatic heterocycles. The Hall–Kier alpha value is -3.73. The minimum Gasteiger partial charge on any atom is -0.477 e. The van der Waals surface area contributed by atoms with Gasteiger partial charge in [0, 0.05) is 29.9 Å². The number of pyridine rings is 3. The first kappa shape index (κ1) is 27.3. The summed E-state index contributed by atoms with van der Waals surface area (Å²) in [5.74, 6) is 0.178. The molecule has 3 aromatic rings. The Morgan fingerprint density at radius 3 is 2.39 bits per heavy atom. The van der Waals surface area contributed by atoms with Crippen LogP contribution in [0.3, 0.4) is 0 Å². The van der Waals surface area contributed by atoms with E-state index in [0.29, 0.717) is 24.0 Å². The molecule has 0 unspecified atom stereocenters. The molecule has 0 aliphatic carbocycles. The second kappa shape index (κ2) is 10.6. The van der Waals surface area contributed by atoms with Crippen molar-refractivity contribution in [3.8, 4) is 17.1 Å². The van der Waals surface area contributed by atoms with Crippen molar-refractivity contribution in [2.45, 2.75) is 64.6 Å². The maximum Gasteiger partial charge on any atom is 0.281 e. The molecule has 0 bridgehead atoms. The lowest BCUT2D eigenvalue weighted by Crippen LogP contribution is -2.37. The molecular weight excluding hydrogens is 504 g/mol. The fourth-order valence-electron chi connectivity index (χ4n) is 4.31. The van der Waals surface area contributed by atoms with Gasteiger partial charge in [-0.3, -0.25) is 4.79 Å². The van der Waals surface area contributed by atoms with E-state index < -0.39 is 15.9 Å². The van der Waals surface area contributed by atoms with Gasteiger partial charge in [-0.15, -0.1) is 0 Å². The SMILES string of the molecule is C[C@@H]1CC[C@H](C)N1c1nc(-c2ccc(OCC(C)(C)C)nc2)ccc1C(=O)NS(=O)(=O)c1cccc(N)n1. The summed E-state index contributed by atoms with van der Waals surface area (Å²) in [5, 5.41) is -0.334. The molecule has 1 aliphatic heterocycles. The number of nitrogens with zero attached hydrogens (tertiary/aromatic N) is 4. The smallest absolute Gasteiger partial charge is 0.281 e. The highest BCUT2D eigenvalue weighted by molar-refractivity contribution is 7.90. The molecule has 1 saturated heterocycles. The highest BCUT2D eigenvalue weighted by Crippen LogP contribution is 2.33. The van der Waals surface area contributed by atoms with Gasteiger partial charge in [0.15, 0.2) is 5.03 Å². The van der Waals surface area contributed by atoms with Gasteiger partial charge in [0.1, 0.15) is 11.6 Å². The van der Waals surface area contributed by atoms with Crippen molar-refractivity contribution >= 4 is 27.6 Å². The van der Waals surface area contributed by atoms with E-state index in [1.807, 2.05) is 6.07 Å². The fraction of sp³-hybridized carbons (Fsp3) is 0.407. The molecule has 3 N–H and O–H groups in total. The van der Waals surface area contributed by atoms with Crippen LogP contribution < -0.4 is 20.1 Å². The van der Waals surface area contributed by atoms with Gasteiger partial charge in [0.05, 0.1) is 17.9 Å². The highest BCUT2D eigenvalue weighted by atomic mass is 32.2. The third-order valence-electron chi connectivity index (χ3n) is 6.25. The average molecular weight is 539 g/mol. The zero-order chi connectivity index (χ0) is 27.7. The van der Waals surface area contributed by atoms with Gasteiger partial charge in [-0.05, 0) is 62.4 Å². The van der Waals surface area contributed by atoms with Crippen molar-refractivity contribution in [1.82, 2.24) is 19.7 Å². The van der Waals surface area contributed by atoms with Crippen molar-refractivity contribution in [3.63, 3.8) is 0 Å². The summed E-state index contributed by atoms with van der Waals surface area (Å²) >= 11 is 0. The standard InChI is InChI=1S/C27H34N6O4S/c1-17-9-10-18(2)33(17)25-20(26(34)32-38(35,36)24-8-6-7-22(28)31-24)12-13-21(30-25)19-11-14-23(29-15-19)37-16-27(3,4)5/h6-8,11-15,17-18H,9-10,16H2,1-5H3,(H2,28,31)(H,32,34)/t17-,18+. The summed E-state index contributed by atoms with van der Waals surface area (Å²) in [4.78, 5) is 28.5. The van der Waals surface area contributed by atoms with E-state index in [9.17, 15) is 13.2 Å². The predicted octanol–water partition coefficient (Wildman–Crippen LogP) is 4.04. The zero-order valence-electron chi connectivity index (χ0n) is 22.3. The molecule has 11 heteroatoms. The highest BCUT2D eigenvalue weighted by Gasteiger charge is 2.33. The third-order valence-corrected chi connectivity index (χ3v) is 7.48. The van der Waals surface area contributed by atoms with Crippen LogP contribution >= 0.6 is 0 Å². The van der Waals surface area contributed by atoms with Crippen LogP contribution in [0.25, 0.3) is 11.3 Å². The number of ether oxygens (including phenoxy) is 1. The molecule has 0 radical (unpaired) electrons. The lowest BCUT2D eigenvalue weighted by atomic mass is 9.99. The number of carbonyl (C=O) groups excluding carboxylic acids is 1. The maximum atomic E-state index is 13.3. The Balaban J connectivity index is 1.67. The first-order valence-electron chi connectivity index (χ1n) is 12.5. The van der Waals surface area contributed by atoms with Crippen LogP contribution in [-0.2, 0) is 10.0 Å². The molecule has 0 spiro atoms. The monoisotopic (exact) mass is 538 g/mol. The van der Waals surface area contributed by atoms with Crippen LogP contribution in [0.15, 0.2) is 53.7 Å². The van der Waals surface area contributed by atoms with E-state index in [0.717, 1.165) is 18.4 Å². The van der Waals surface area contributed by atoms with Crippen molar-refractivity contribution in [2.24, 2.45) is 5.41 Å². The summed E-state index contributed by atoms with van der Waals surface area (Å²) in [6, 6.07) is 11.4. The maximum absolute atomic E-state index is 13.3. The van der Waals surface area contributed by atoms with Crippen LogP contribution in [-0.4, -0.2) is 48.0 Å². The van der Waals surface area contributed by atoms with Gasteiger partial charge in [-0.2, -0.15) is 8.42 Å². The number of amides is 1. The predicted molar refractivity (Wildman–Crippen MR) is 146 cm³/mol. The molecule has 4 rings (SSSR count). The summed E-state index contributed by atoms with van der Waals surface area (Å²) in [7, 11) is -4.24. The number of anilines is 2. The van der Waals surface area contributed by atoms with E-state index in [4.69, 9.17) is 15.5 Å². The van der Waals surface area contributed by atoms with Gasteiger partial charge in [-0.25, -0.2) is 19.7 Å². The Morgan fingerprint density at radius 1 is 1.08 bits per heavy atom. The van der Waals surface area contributed by atoms with Crippen LogP contribution in [0.5, 0.6) is 5.88 Å². The number of rotatable bonds is 7. The number of sulfonamides is 1. The normalized spacial score (nSPS) is 17.9. The van der Waals surface area contributed by atoms with E-state index in [1.54, 1.807) is 24.4 Å². The van der Waals surface area contributed by atoms with Crippen molar-refractivity contribution in [2.75, 3.05) is 17.2 Å². The molecule has 0 aromatic carbocycles. The minimum absolute atomic E-state index is 0.00693. The molecule has 4 heterocycles. The third kappa shape index (κ3) is 6.21. The summed E-state index contributed by atoms with van der Waals surface area (Å²) in [5.41, 5.74) is 7.15. The Kier molecular flexibility index (Phi) is 7.59. The number of aromatic nitrogens is 3. The Bertz CT molecular complexity index is 1410. The Morgan fingerprint density at radius 2 is 1.79 bits per heavy atom. The fourth-order valence-corrected chi connectivity index (χ4v) is 5.26. The first-order chi connectivity index (χ1) is 17.8. The van der Waals surface area contributed by atoms with Gasteiger partial charge < -0.3 is 15.4 Å². The van der Waals surface area contributed by atoms with Gasteiger partial charge in [0.25, 0.3) is 15.9 Å². The molecule has 2 atom stereocenters. The summed E-state index contributed by atoms with van der Waals surface area (Å²) in [6.45, 7) is 10.9. The topological polar surface area (TPSA) is 140 Å². The second-order valence-corrected chi connectivity index (χ2v) is 12.4. The van der Waals surface area contributed by atoms with E-state index >= 15 is 0 Å². The number of carbonyl (C=O) groups is 1. The molecule has 10 nitrogen and oxygen atoms in total. The summed E-state index contributed by atoms with van der Waals surface area (Å²) in [6.07, 6.45) is 3.54. The lowest BCUT2D eigenvalue weighted by molar-refractivity contribution is 0.0981. The van der Waals surface area contributed by atoms with E-state index in [1.165, 1.54) is 18.2 Å². The molecule has 1 fully saturated rings. The Labute approximate surface area is 223 Å². The van der Waals surface area contributed by atoms with Crippen LogP contribution in [0, 0.1) is 5.41 Å². The average Bonchev–Trinajstić information content (AvgIpc) is 3.19. The second-order valence-electron chi connectivity index (χ2n) is 10.8. The number of nitrogens with one attached hydrogen (secondary N) is 1. The van der Waals surface area contributed by atoms with Crippen molar-refractivity contribution in [3.05, 3.63) is 54.2 Å². The van der Waals surface area contributed by atoms with Gasteiger partial charge >= 0.3 is 0 Å². The van der Waals surface area contributed by atoms with Gasteiger partial charge in [-0.1, -0.05) is 26.8 Å². The molecule has 1 aliphatic rings. The number of hydrogen-bond acceptors (Lipinski definition) is 9. The van der Waals surface area contributed by atoms with Crippen LogP contribution in [0.4, 0.5) is 11.6 Å². The largest absolute Gasteiger partial charge is 0.477 e. The molecule has 1 amide bonds. The number of nitrogens with two attached hydrogens (primary N) is 1. The van der Waals surface area contributed by atoms with E-state index in [-0.39, 0.29) is 33.9 Å². The molecular formula is C27H34N6O4S. The number of hydrogen-bond donors (Lipinski definition) is 2. The lowest BCUT2D eigenvalue weighted by Gasteiger charge is -2.29.